The summed E-state index contributed by atoms with van der Waals surface area (Å²) in [5.74, 6) is -0.0661. The maximum absolute atomic E-state index is 11.4. The molecule has 1 amide bonds. The number of carbonyl (C=O) groups is 1. The van der Waals surface area contributed by atoms with Crippen molar-refractivity contribution in [1.82, 2.24) is 10.3 Å². The fraction of sp³-hybridized carbons (Fsp3) is 0.571. The molecule has 5 nitrogen and oxygen atoms in total. The molecule has 1 aromatic heterocycles. The lowest BCUT2D eigenvalue weighted by Gasteiger charge is -2.32. The number of nitrogens with zero attached hydrogens (tertiary/aromatic N) is 1. The molecular weight excluding hydrogens is 255 g/mol. The number of rotatable bonds is 3. The smallest absolute Gasteiger partial charge is 0.398 e. The first-order valence-corrected chi connectivity index (χ1v) is 6.77. The summed E-state index contributed by atoms with van der Waals surface area (Å²) in [6.07, 6.45) is 0.254. The monoisotopic (exact) mass is 276 g/mol. The standard InChI is InChI=1S/C14H21BN2O3/c1-13(2)14(3,4)20-15(19-13)11-8-6-7-10(17-11)9-12(18)16-5/h6-8H,9H2,1-5H3,(H,16,18). The minimum absolute atomic E-state index is 0.0661. The lowest BCUT2D eigenvalue weighted by atomic mass is 9.84. The molecule has 2 heterocycles. The normalized spacial score (nSPS) is 19.9. The predicted octanol–water partition coefficient (Wildman–Crippen LogP) is 0.669. The van der Waals surface area contributed by atoms with Crippen molar-refractivity contribution in [2.75, 3.05) is 7.05 Å². The van der Waals surface area contributed by atoms with Crippen molar-refractivity contribution in [3.8, 4) is 0 Å². The maximum atomic E-state index is 11.4. The van der Waals surface area contributed by atoms with Crippen LogP contribution in [-0.2, 0) is 20.5 Å². The summed E-state index contributed by atoms with van der Waals surface area (Å²) in [6, 6.07) is 5.55. The zero-order valence-electron chi connectivity index (χ0n) is 12.7. The Labute approximate surface area is 120 Å². The molecule has 1 aliphatic rings. The van der Waals surface area contributed by atoms with Gasteiger partial charge in [-0.15, -0.1) is 0 Å². The van der Waals surface area contributed by atoms with Crippen molar-refractivity contribution in [2.45, 2.75) is 45.3 Å². The van der Waals surface area contributed by atoms with Crippen LogP contribution in [0.3, 0.4) is 0 Å². The summed E-state index contributed by atoms with van der Waals surface area (Å²) in [7, 11) is 1.12. The van der Waals surface area contributed by atoms with Gasteiger partial charge in [0.1, 0.15) is 0 Å². The van der Waals surface area contributed by atoms with Gasteiger partial charge in [0, 0.05) is 12.7 Å². The van der Waals surface area contributed by atoms with Gasteiger partial charge in [0.25, 0.3) is 0 Å². The number of carbonyl (C=O) groups excluding carboxylic acids is 1. The van der Waals surface area contributed by atoms with E-state index >= 15 is 0 Å². The largest absolute Gasteiger partial charge is 0.514 e. The van der Waals surface area contributed by atoms with Crippen molar-refractivity contribution in [2.24, 2.45) is 0 Å². The Morgan fingerprint density at radius 3 is 2.40 bits per heavy atom. The molecular formula is C14H21BN2O3. The first kappa shape index (κ1) is 15.0. The average Bonchev–Trinajstić information content (AvgIpc) is 2.59. The SMILES string of the molecule is CNC(=O)Cc1cccc(B2OC(C)(C)C(C)(C)O2)n1. The van der Waals surface area contributed by atoms with E-state index in [1.165, 1.54) is 0 Å². The first-order valence-electron chi connectivity index (χ1n) is 6.77. The van der Waals surface area contributed by atoms with Crippen LogP contribution in [-0.4, -0.2) is 36.3 Å². The molecule has 0 aliphatic carbocycles. The molecule has 2 rings (SSSR count). The Morgan fingerprint density at radius 2 is 1.85 bits per heavy atom. The quantitative estimate of drug-likeness (QED) is 0.824. The molecule has 0 unspecified atom stereocenters. The highest BCUT2D eigenvalue weighted by Gasteiger charge is 2.52. The van der Waals surface area contributed by atoms with E-state index in [2.05, 4.69) is 10.3 Å². The van der Waals surface area contributed by atoms with Gasteiger partial charge in [-0.25, -0.2) is 0 Å². The first-order chi connectivity index (χ1) is 9.25. The minimum Gasteiger partial charge on any atom is -0.398 e. The van der Waals surface area contributed by atoms with Crippen LogP contribution in [0.15, 0.2) is 18.2 Å². The van der Waals surface area contributed by atoms with Crippen LogP contribution in [0.5, 0.6) is 0 Å². The Bertz CT molecular complexity index is 501. The predicted molar refractivity (Wildman–Crippen MR) is 77.7 cm³/mol. The Kier molecular flexibility index (Phi) is 3.89. The molecule has 20 heavy (non-hydrogen) atoms. The van der Waals surface area contributed by atoms with E-state index < -0.39 is 18.3 Å². The number of nitrogens with one attached hydrogen (secondary N) is 1. The highest BCUT2D eigenvalue weighted by molar-refractivity contribution is 6.61. The fourth-order valence-corrected chi connectivity index (χ4v) is 1.94. The van der Waals surface area contributed by atoms with Gasteiger partial charge in [0.2, 0.25) is 5.91 Å². The number of amides is 1. The number of hydrogen-bond donors (Lipinski definition) is 1. The van der Waals surface area contributed by atoms with Crippen LogP contribution in [0.4, 0.5) is 0 Å². The maximum Gasteiger partial charge on any atom is 0.514 e. The molecule has 6 heteroatoms. The van der Waals surface area contributed by atoms with Crippen molar-refractivity contribution in [1.29, 1.82) is 0 Å². The van der Waals surface area contributed by atoms with Gasteiger partial charge in [0.05, 0.1) is 23.2 Å². The third kappa shape index (κ3) is 2.86. The molecule has 0 saturated carbocycles. The van der Waals surface area contributed by atoms with Gasteiger partial charge in [-0.1, -0.05) is 6.07 Å². The molecule has 0 spiro atoms. The second-order valence-electron chi connectivity index (χ2n) is 5.99. The summed E-state index contributed by atoms with van der Waals surface area (Å²) in [4.78, 5) is 15.9. The third-order valence-corrected chi connectivity index (χ3v) is 3.94. The summed E-state index contributed by atoms with van der Waals surface area (Å²) in [5, 5.41) is 2.59. The number of pyridine rings is 1. The van der Waals surface area contributed by atoms with Crippen LogP contribution in [0.25, 0.3) is 0 Å². The van der Waals surface area contributed by atoms with E-state index in [9.17, 15) is 4.79 Å². The summed E-state index contributed by atoms with van der Waals surface area (Å²) in [5.41, 5.74) is 0.619. The molecule has 0 atom stereocenters. The molecule has 1 aliphatic heterocycles. The summed E-state index contributed by atoms with van der Waals surface area (Å²) in [6.45, 7) is 8.01. The molecule has 0 bridgehead atoms. The van der Waals surface area contributed by atoms with Crippen LogP contribution in [0, 0.1) is 0 Å². The van der Waals surface area contributed by atoms with Crippen molar-refractivity contribution in [3.63, 3.8) is 0 Å². The minimum atomic E-state index is -0.496. The van der Waals surface area contributed by atoms with Gasteiger partial charge < -0.3 is 14.6 Å². The van der Waals surface area contributed by atoms with Gasteiger partial charge in [-0.3, -0.25) is 9.78 Å². The van der Waals surface area contributed by atoms with Crippen molar-refractivity contribution in [3.05, 3.63) is 23.9 Å². The second kappa shape index (κ2) is 5.18. The second-order valence-corrected chi connectivity index (χ2v) is 5.99. The highest BCUT2D eigenvalue weighted by Crippen LogP contribution is 2.36. The lowest BCUT2D eigenvalue weighted by molar-refractivity contribution is -0.120. The van der Waals surface area contributed by atoms with Crippen LogP contribution in [0.2, 0.25) is 0 Å². The molecule has 1 fully saturated rings. The van der Waals surface area contributed by atoms with E-state index in [-0.39, 0.29) is 12.3 Å². The van der Waals surface area contributed by atoms with Crippen LogP contribution >= 0.6 is 0 Å². The molecule has 1 N–H and O–H groups in total. The van der Waals surface area contributed by atoms with Gasteiger partial charge >= 0.3 is 7.12 Å². The number of aromatic nitrogens is 1. The third-order valence-electron chi connectivity index (χ3n) is 3.94. The molecule has 0 aromatic carbocycles. The Balaban J connectivity index is 2.19. The van der Waals surface area contributed by atoms with E-state index in [1.807, 2.05) is 45.9 Å². The van der Waals surface area contributed by atoms with Crippen LogP contribution < -0.4 is 10.9 Å². The zero-order valence-corrected chi connectivity index (χ0v) is 12.7. The van der Waals surface area contributed by atoms with Gasteiger partial charge in [0.15, 0.2) is 0 Å². The fourth-order valence-electron chi connectivity index (χ4n) is 1.94. The van der Waals surface area contributed by atoms with E-state index in [0.29, 0.717) is 11.3 Å². The van der Waals surface area contributed by atoms with E-state index in [4.69, 9.17) is 9.31 Å². The van der Waals surface area contributed by atoms with Gasteiger partial charge in [-0.2, -0.15) is 0 Å². The topological polar surface area (TPSA) is 60.5 Å². The lowest BCUT2D eigenvalue weighted by Crippen LogP contribution is -2.41. The zero-order chi connectivity index (χ0) is 15.0. The molecule has 1 saturated heterocycles. The Morgan fingerprint density at radius 1 is 1.25 bits per heavy atom. The molecule has 108 valence electrons. The van der Waals surface area contributed by atoms with Crippen molar-refractivity contribution >= 4 is 18.6 Å². The van der Waals surface area contributed by atoms with E-state index in [0.717, 1.165) is 0 Å². The highest BCUT2D eigenvalue weighted by atomic mass is 16.7. The Hall–Kier alpha value is -1.40. The summed E-state index contributed by atoms with van der Waals surface area (Å²) < 4.78 is 11.9. The van der Waals surface area contributed by atoms with Gasteiger partial charge in [-0.05, 0) is 39.8 Å². The number of hydrogen-bond acceptors (Lipinski definition) is 4. The summed E-state index contributed by atoms with van der Waals surface area (Å²) >= 11 is 0. The average molecular weight is 276 g/mol. The molecule has 0 radical (unpaired) electrons. The van der Waals surface area contributed by atoms with Crippen molar-refractivity contribution < 1.29 is 14.1 Å². The van der Waals surface area contributed by atoms with Crippen LogP contribution in [0.1, 0.15) is 33.4 Å². The number of likely N-dealkylation sites (N-methyl/N-ethyl adjacent to an activating group) is 1. The van der Waals surface area contributed by atoms with E-state index in [1.54, 1.807) is 7.05 Å². The molecule has 1 aromatic rings.